The van der Waals surface area contributed by atoms with Crippen LogP contribution in [0.5, 0.6) is 5.75 Å². The molecule has 0 aliphatic rings. The summed E-state index contributed by atoms with van der Waals surface area (Å²) in [7, 11) is 2.88. The molecule has 0 radical (unpaired) electrons. The van der Waals surface area contributed by atoms with Crippen LogP contribution in [0.2, 0.25) is 0 Å². The highest BCUT2D eigenvalue weighted by atomic mass is 16.5. The third-order valence-electron chi connectivity index (χ3n) is 4.21. The summed E-state index contributed by atoms with van der Waals surface area (Å²) < 4.78 is 11.8. The summed E-state index contributed by atoms with van der Waals surface area (Å²) in [5.74, 6) is -0.302. The summed E-state index contributed by atoms with van der Waals surface area (Å²) in [6.07, 6.45) is 0. The highest BCUT2D eigenvalue weighted by Crippen LogP contribution is 2.28. The second-order valence-corrected chi connectivity index (χ2v) is 5.78. The van der Waals surface area contributed by atoms with Crippen molar-refractivity contribution >= 4 is 11.9 Å². The normalized spacial score (nSPS) is 10.5. The molecule has 3 rings (SSSR count). The maximum Gasteiger partial charge on any atom is 0.358 e. The summed E-state index contributed by atoms with van der Waals surface area (Å²) >= 11 is 0. The maximum atomic E-state index is 12.1. The summed E-state index contributed by atoms with van der Waals surface area (Å²) in [5, 5.41) is 9.10. The van der Waals surface area contributed by atoms with Gasteiger partial charge in [0.15, 0.2) is 5.69 Å². The molecule has 0 spiro atoms. The number of carboxylic acid groups (broad SMARTS) is 1. The molecule has 1 heterocycles. The van der Waals surface area contributed by atoms with E-state index in [1.807, 2.05) is 12.1 Å². The van der Waals surface area contributed by atoms with Crippen molar-refractivity contribution in [2.45, 2.75) is 6.92 Å². The average Bonchev–Trinajstić information content (AvgIpc) is 3.04. The average molecular weight is 366 g/mol. The number of esters is 1. The van der Waals surface area contributed by atoms with Crippen molar-refractivity contribution in [3.05, 3.63) is 65.5 Å². The first-order valence-corrected chi connectivity index (χ1v) is 8.12. The molecule has 2 aromatic carbocycles. The Balaban J connectivity index is 2.19. The minimum Gasteiger partial charge on any atom is -0.497 e. The number of rotatable bonds is 5. The molecule has 27 heavy (non-hydrogen) atoms. The van der Waals surface area contributed by atoms with Crippen LogP contribution in [0, 0.1) is 6.92 Å². The second kappa shape index (κ2) is 7.33. The van der Waals surface area contributed by atoms with Crippen molar-refractivity contribution in [1.82, 2.24) is 9.55 Å². The Morgan fingerprint density at radius 2 is 1.63 bits per heavy atom. The number of hydrogen-bond acceptors (Lipinski definition) is 5. The Morgan fingerprint density at radius 3 is 2.15 bits per heavy atom. The first kappa shape index (κ1) is 18.2. The molecule has 0 atom stereocenters. The predicted octanol–water partition coefficient (Wildman–Crippen LogP) is 3.34. The van der Waals surface area contributed by atoms with Gasteiger partial charge in [0, 0.05) is 11.3 Å². The Morgan fingerprint density at radius 1 is 1.00 bits per heavy atom. The van der Waals surface area contributed by atoms with E-state index in [9.17, 15) is 9.59 Å². The number of imidazole rings is 1. The Kier molecular flexibility index (Phi) is 4.94. The number of ether oxygens (including phenoxy) is 2. The van der Waals surface area contributed by atoms with Crippen LogP contribution in [0.3, 0.4) is 0 Å². The van der Waals surface area contributed by atoms with Gasteiger partial charge < -0.3 is 14.6 Å². The maximum absolute atomic E-state index is 12.1. The lowest BCUT2D eigenvalue weighted by Crippen LogP contribution is -2.05. The van der Waals surface area contributed by atoms with E-state index in [1.165, 1.54) is 19.2 Å². The number of benzene rings is 2. The fourth-order valence-corrected chi connectivity index (χ4v) is 2.79. The van der Waals surface area contributed by atoms with E-state index in [1.54, 1.807) is 42.9 Å². The van der Waals surface area contributed by atoms with Crippen LogP contribution in [0.4, 0.5) is 0 Å². The lowest BCUT2D eigenvalue weighted by molar-refractivity contribution is 0.0593. The molecular formula is C20H18N2O5. The number of aromatic carboxylic acids is 1. The second-order valence-electron chi connectivity index (χ2n) is 5.78. The fourth-order valence-electron chi connectivity index (χ4n) is 2.79. The first-order valence-electron chi connectivity index (χ1n) is 8.12. The zero-order valence-electron chi connectivity index (χ0n) is 15.1. The van der Waals surface area contributed by atoms with Gasteiger partial charge in [0.1, 0.15) is 11.6 Å². The monoisotopic (exact) mass is 366 g/mol. The van der Waals surface area contributed by atoms with Crippen molar-refractivity contribution in [3.63, 3.8) is 0 Å². The molecule has 7 heteroatoms. The highest BCUT2D eigenvalue weighted by molar-refractivity contribution is 5.90. The van der Waals surface area contributed by atoms with Gasteiger partial charge in [0.25, 0.3) is 0 Å². The van der Waals surface area contributed by atoms with Gasteiger partial charge in [-0.2, -0.15) is 0 Å². The van der Waals surface area contributed by atoms with E-state index in [0.717, 1.165) is 5.56 Å². The van der Waals surface area contributed by atoms with Gasteiger partial charge in [-0.15, -0.1) is 0 Å². The molecule has 0 aliphatic heterocycles. The quantitative estimate of drug-likeness (QED) is 0.697. The molecule has 0 fully saturated rings. The molecule has 3 aromatic rings. The van der Waals surface area contributed by atoms with Crippen LogP contribution in [-0.4, -0.2) is 40.8 Å². The Hall–Kier alpha value is -3.61. The Labute approximate surface area is 155 Å². The van der Waals surface area contributed by atoms with Gasteiger partial charge in [0.2, 0.25) is 0 Å². The highest BCUT2D eigenvalue weighted by Gasteiger charge is 2.22. The topological polar surface area (TPSA) is 90.7 Å². The standard InChI is InChI=1S/C20H18N2O5/c1-12-17(20(25)27-3)21-18(13-6-10-16(26-2)11-7-13)22(12)15-8-4-14(5-9-15)19(23)24/h4-11H,1-3H3,(H,23,24). The number of hydrogen-bond donors (Lipinski definition) is 1. The van der Waals surface area contributed by atoms with Gasteiger partial charge in [-0.25, -0.2) is 14.6 Å². The molecule has 7 nitrogen and oxygen atoms in total. The largest absolute Gasteiger partial charge is 0.497 e. The zero-order valence-corrected chi connectivity index (χ0v) is 15.1. The summed E-state index contributed by atoms with van der Waals surface area (Å²) in [5.41, 5.74) is 2.43. The number of methoxy groups -OCH3 is 2. The zero-order chi connectivity index (χ0) is 19.6. The first-order chi connectivity index (χ1) is 13.0. The van der Waals surface area contributed by atoms with E-state index in [-0.39, 0.29) is 11.3 Å². The van der Waals surface area contributed by atoms with E-state index >= 15 is 0 Å². The van der Waals surface area contributed by atoms with Crippen molar-refractivity contribution in [1.29, 1.82) is 0 Å². The molecule has 0 amide bonds. The third-order valence-corrected chi connectivity index (χ3v) is 4.21. The molecular weight excluding hydrogens is 348 g/mol. The fraction of sp³-hybridized carbons (Fsp3) is 0.150. The summed E-state index contributed by atoms with van der Waals surface area (Å²) in [6.45, 7) is 1.76. The molecule has 0 aliphatic carbocycles. The molecule has 0 unspecified atom stereocenters. The summed E-state index contributed by atoms with van der Waals surface area (Å²) in [4.78, 5) is 27.7. The number of carbonyl (C=O) groups excluding carboxylic acids is 1. The predicted molar refractivity (Wildman–Crippen MR) is 98.6 cm³/mol. The van der Waals surface area contributed by atoms with Crippen molar-refractivity contribution in [2.24, 2.45) is 0 Å². The van der Waals surface area contributed by atoms with Gasteiger partial charge in [-0.05, 0) is 55.5 Å². The van der Waals surface area contributed by atoms with Crippen LogP contribution in [0.15, 0.2) is 48.5 Å². The third kappa shape index (κ3) is 3.39. The smallest absolute Gasteiger partial charge is 0.358 e. The van der Waals surface area contributed by atoms with Crippen molar-refractivity contribution < 1.29 is 24.2 Å². The van der Waals surface area contributed by atoms with Gasteiger partial charge in [-0.1, -0.05) is 0 Å². The van der Waals surface area contributed by atoms with E-state index in [0.29, 0.717) is 23.0 Å². The van der Waals surface area contributed by atoms with Gasteiger partial charge in [-0.3, -0.25) is 4.57 Å². The van der Waals surface area contributed by atoms with Gasteiger partial charge >= 0.3 is 11.9 Å². The van der Waals surface area contributed by atoms with Crippen molar-refractivity contribution in [3.8, 4) is 22.8 Å². The summed E-state index contributed by atoms with van der Waals surface area (Å²) in [6, 6.07) is 13.6. The lowest BCUT2D eigenvalue weighted by Gasteiger charge is -2.11. The molecule has 0 saturated heterocycles. The van der Waals surface area contributed by atoms with E-state index in [4.69, 9.17) is 14.6 Å². The number of nitrogens with zero attached hydrogens (tertiary/aromatic N) is 2. The van der Waals surface area contributed by atoms with Crippen molar-refractivity contribution in [2.75, 3.05) is 14.2 Å². The number of carboxylic acids is 1. The van der Waals surface area contributed by atoms with Crippen LogP contribution >= 0.6 is 0 Å². The molecule has 1 aromatic heterocycles. The SMILES string of the molecule is COC(=O)c1nc(-c2ccc(OC)cc2)n(-c2ccc(C(=O)O)cc2)c1C. The minimum atomic E-state index is -1.01. The molecule has 138 valence electrons. The Bertz CT molecular complexity index is 988. The van der Waals surface area contributed by atoms with Crippen LogP contribution in [-0.2, 0) is 4.74 Å². The van der Waals surface area contributed by atoms with E-state index in [2.05, 4.69) is 4.98 Å². The van der Waals surface area contributed by atoms with E-state index < -0.39 is 11.9 Å². The minimum absolute atomic E-state index is 0.177. The lowest BCUT2D eigenvalue weighted by atomic mass is 10.1. The molecule has 0 saturated carbocycles. The molecule has 0 bridgehead atoms. The van der Waals surface area contributed by atoms with Crippen LogP contribution in [0.25, 0.3) is 17.1 Å². The molecule has 1 N–H and O–H groups in total. The van der Waals surface area contributed by atoms with Crippen LogP contribution in [0.1, 0.15) is 26.5 Å². The number of aromatic nitrogens is 2. The van der Waals surface area contributed by atoms with Crippen LogP contribution < -0.4 is 4.74 Å². The number of carbonyl (C=O) groups is 2. The van der Waals surface area contributed by atoms with Gasteiger partial charge in [0.05, 0.1) is 25.5 Å².